The molecule has 0 bridgehead atoms. The summed E-state index contributed by atoms with van der Waals surface area (Å²) in [7, 11) is 1.71. The number of methoxy groups -OCH3 is 1. The Bertz CT molecular complexity index is 426. The summed E-state index contributed by atoms with van der Waals surface area (Å²) in [5, 5.41) is 0. The molecule has 110 valence electrons. The Morgan fingerprint density at radius 3 is 2.30 bits per heavy atom. The van der Waals surface area contributed by atoms with Crippen LogP contribution in [0.2, 0.25) is 0 Å². The molecule has 2 N–H and O–H groups in total. The fraction of sp³-hybridized carbons (Fsp3) is 0.625. The first-order valence-electron chi connectivity index (χ1n) is 7.65. The second-order valence-electron chi connectivity index (χ2n) is 5.95. The lowest BCUT2D eigenvalue weighted by Gasteiger charge is -2.39. The van der Waals surface area contributed by atoms with Crippen LogP contribution in [0.4, 0.5) is 5.69 Å². The molecular formula is C16H25N3O. The predicted octanol–water partition coefficient (Wildman–Crippen LogP) is 1.70. The third kappa shape index (κ3) is 2.91. The minimum absolute atomic E-state index is 0.430. The van der Waals surface area contributed by atoms with Crippen molar-refractivity contribution in [2.45, 2.75) is 31.3 Å². The zero-order valence-electron chi connectivity index (χ0n) is 12.3. The summed E-state index contributed by atoms with van der Waals surface area (Å²) < 4.78 is 5.21. The van der Waals surface area contributed by atoms with Crippen LogP contribution in [0.1, 0.15) is 19.3 Å². The van der Waals surface area contributed by atoms with Gasteiger partial charge in [0.25, 0.3) is 0 Å². The normalized spacial score (nSPS) is 27.8. The number of hydrogen-bond donors (Lipinski definition) is 1. The second kappa shape index (κ2) is 6.02. The molecule has 1 aliphatic heterocycles. The maximum absolute atomic E-state index is 6.03. The van der Waals surface area contributed by atoms with Gasteiger partial charge in [0.2, 0.25) is 0 Å². The van der Waals surface area contributed by atoms with E-state index in [1.165, 1.54) is 24.9 Å². The van der Waals surface area contributed by atoms with Crippen molar-refractivity contribution >= 4 is 5.69 Å². The quantitative estimate of drug-likeness (QED) is 0.911. The van der Waals surface area contributed by atoms with Crippen molar-refractivity contribution in [3.05, 3.63) is 24.3 Å². The maximum Gasteiger partial charge on any atom is 0.119 e. The highest BCUT2D eigenvalue weighted by Crippen LogP contribution is 2.26. The monoisotopic (exact) mass is 275 g/mol. The van der Waals surface area contributed by atoms with Crippen molar-refractivity contribution < 1.29 is 4.74 Å². The molecule has 3 rings (SSSR count). The van der Waals surface area contributed by atoms with E-state index in [1.807, 2.05) is 12.1 Å². The van der Waals surface area contributed by atoms with Gasteiger partial charge in [-0.05, 0) is 43.5 Å². The van der Waals surface area contributed by atoms with Crippen LogP contribution in [0.25, 0.3) is 0 Å². The van der Waals surface area contributed by atoms with Gasteiger partial charge in [0.15, 0.2) is 0 Å². The van der Waals surface area contributed by atoms with Crippen LogP contribution in [0.5, 0.6) is 5.75 Å². The van der Waals surface area contributed by atoms with Crippen LogP contribution in [0, 0.1) is 0 Å². The van der Waals surface area contributed by atoms with Crippen molar-refractivity contribution in [1.82, 2.24) is 4.90 Å². The van der Waals surface area contributed by atoms with E-state index in [-0.39, 0.29) is 0 Å². The molecule has 0 spiro atoms. The van der Waals surface area contributed by atoms with Crippen LogP contribution in [-0.4, -0.2) is 50.3 Å². The molecule has 1 saturated carbocycles. The standard InChI is InChI=1S/C16H25N3O/c1-20-16-6-4-14(5-7-16)18-8-10-19(11-9-18)15-3-2-13(17)12-15/h4-7,13,15H,2-3,8-12,17H2,1H3. The Morgan fingerprint density at radius 2 is 1.75 bits per heavy atom. The van der Waals surface area contributed by atoms with Crippen LogP contribution in [-0.2, 0) is 0 Å². The van der Waals surface area contributed by atoms with Crippen LogP contribution >= 0.6 is 0 Å². The molecule has 20 heavy (non-hydrogen) atoms. The summed E-state index contributed by atoms with van der Waals surface area (Å²) in [4.78, 5) is 5.09. The average molecular weight is 275 g/mol. The van der Waals surface area contributed by atoms with Crippen molar-refractivity contribution in [2.24, 2.45) is 5.73 Å². The van der Waals surface area contributed by atoms with E-state index in [9.17, 15) is 0 Å². The number of ether oxygens (including phenoxy) is 1. The smallest absolute Gasteiger partial charge is 0.119 e. The number of hydrogen-bond acceptors (Lipinski definition) is 4. The van der Waals surface area contributed by atoms with Gasteiger partial charge < -0.3 is 15.4 Å². The third-order valence-corrected chi connectivity index (χ3v) is 4.71. The van der Waals surface area contributed by atoms with E-state index in [4.69, 9.17) is 10.5 Å². The van der Waals surface area contributed by atoms with E-state index in [2.05, 4.69) is 21.9 Å². The highest BCUT2D eigenvalue weighted by molar-refractivity contribution is 5.49. The van der Waals surface area contributed by atoms with Crippen molar-refractivity contribution in [3.63, 3.8) is 0 Å². The molecule has 1 saturated heterocycles. The first-order chi connectivity index (χ1) is 9.76. The van der Waals surface area contributed by atoms with Gasteiger partial charge in [0, 0.05) is 44.0 Å². The van der Waals surface area contributed by atoms with Crippen molar-refractivity contribution in [2.75, 3.05) is 38.2 Å². The Hall–Kier alpha value is -1.26. The summed E-state index contributed by atoms with van der Waals surface area (Å²) in [6, 6.07) is 9.54. The lowest BCUT2D eigenvalue weighted by atomic mass is 10.1. The first-order valence-corrected chi connectivity index (χ1v) is 7.65. The largest absolute Gasteiger partial charge is 0.497 e. The summed E-state index contributed by atoms with van der Waals surface area (Å²) in [6.07, 6.45) is 3.66. The molecule has 1 aromatic rings. The van der Waals surface area contributed by atoms with Gasteiger partial charge in [0.1, 0.15) is 5.75 Å². The predicted molar refractivity (Wildman–Crippen MR) is 82.4 cm³/mol. The topological polar surface area (TPSA) is 41.7 Å². The minimum Gasteiger partial charge on any atom is -0.497 e. The maximum atomic E-state index is 6.03. The van der Waals surface area contributed by atoms with Gasteiger partial charge in [-0.3, -0.25) is 4.90 Å². The molecule has 2 fully saturated rings. The molecule has 0 aromatic heterocycles. The zero-order chi connectivity index (χ0) is 13.9. The lowest BCUT2D eigenvalue weighted by Crippen LogP contribution is -2.50. The van der Waals surface area contributed by atoms with Crippen LogP contribution in [0.15, 0.2) is 24.3 Å². The van der Waals surface area contributed by atoms with E-state index >= 15 is 0 Å². The number of rotatable bonds is 3. The SMILES string of the molecule is COc1ccc(N2CCN(C3CCC(N)C3)CC2)cc1. The number of piperazine rings is 1. The zero-order valence-corrected chi connectivity index (χ0v) is 12.3. The fourth-order valence-electron chi connectivity index (χ4n) is 3.46. The molecule has 1 aliphatic carbocycles. The fourth-order valence-corrected chi connectivity index (χ4v) is 3.46. The molecular weight excluding hydrogens is 250 g/mol. The van der Waals surface area contributed by atoms with Crippen molar-refractivity contribution in [3.8, 4) is 5.75 Å². The van der Waals surface area contributed by atoms with Gasteiger partial charge in [-0.1, -0.05) is 0 Å². The summed E-state index contributed by atoms with van der Waals surface area (Å²) >= 11 is 0. The third-order valence-electron chi connectivity index (χ3n) is 4.71. The molecule has 0 amide bonds. The Balaban J connectivity index is 1.55. The van der Waals surface area contributed by atoms with E-state index in [0.717, 1.165) is 38.0 Å². The number of anilines is 1. The molecule has 2 aliphatic rings. The molecule has 1 heterocycles. The highest BCUT2D eigenvalue weighted by Gasteiger charge is 2.29. The Labute approximate surface area is 121 Å². The van der Waals surface area contributed by atoms with Crippen LogP contribution < -0.4 is 15.4 Å². The highest BCUT2D eigenvalue weighted by atomic mass is 16.5. The van der Waals surface area contributed by atoms with Gasteiger partial charge in [0.05, 0.1) is 7.11 Å². The number of benzene rings is 1. The van der Waals surface area contributed by atoms with Gasteiger partial charge in [-0.25, -0.2) is 0 Å². The molecule has 0 radical (unpaired) electrons. The molecule has 1 aromatic carbocycles. The van der Waals surface area contributed by atoms with Gasteiger partial charge >= 0.3 is 0 Å². The summed E-state index contributed by atoms with van der Waals surface area (Å²) in [5.74, 6) is 0.923. The first kappa shape index (κ1) is 13.7. The molecule has 2 unspecified atom stereocenters. The lowest BCUT2D eigenvalue weighted by molar-refractivity contribution is 0.186. The number of nitrogens with zero attached hydrogens (tertiary/aromatic N) is 2. The van der Waals surface area contributed by atoms with Gasteiger partial charge in [-0.2, -0.15) is 0 Å². The minimum atomic E-state index is 0.430. The summed E-state index contributed by atoms with van der Waals surface area (Å²) in [6.45, 7) is 4.53. The Kier molecular flexibility index (Phi) is 4.13. The van der Waals surface area contributed by atoms with E-state index in [1.54, 1.807) is 7.11 Å². The van der Waals surface area contributed by atoms with E-state index < -0.39 is 0 Å². The van der Waals surface area contributed by atoms with Crippen molar-refractivity contribution in [1.29, 1.82) is 0 Å². The van der Waals surface area contributed by atoms with Gasteiger partial charge in [-0.15, -0.1) is 0 Å². The Morgan fingerprint density at radius 1 is 1.05 bits per heavy atom. The van der Waals surface area contributed by atoms with Crippen LogP contribution in [0.3, 0.4) is 0 Å². The second-order valence-corrected chi connectivity index (χ2v) is 5.95. The average Bonchev–Trinajstić information content (AvgIpc) is 2.94. The van der Waals surface area contributed by atoms with E-state index in [0.29, 0.717) is 6.04 Å². The molecule has 4 heteroatoms. The molecule has 4 nitrogen and oxygen atoms in total. The molecule has 2 atom stereocenters. The summed E-state index contributed by atoms with van der Waals surface area (Å²) in [5.41, 5.74) is 7.33. The number of nitrogens with two attached hydrogens (primary N) is 1.